The summed E-state index contributed by atoms with van der Waals surface area (Å²) in [7, 11) is 0. The van der Waals surface area contributed by atoms with Gasteiger partial charge in [-0.15, -0.1) is 11.3 Å². The van der Waals surface area contributed by atoms with Crippen molar-refractivity contribution in [1.82, 2.24) is 14.5 Å². The molecule has 136 valence electrons. The molecule has 0 bridgehead atoms. The van der Waals surface area contributed by atoms with Crippen molar-refractivity contribution < 1.29 is 4.79 Å². The Morgan fingerprint density at radius 3 is 2.42 bits per heavy atom. The monoisotopic (exact) mass is 371 g/mol. The summed E-state index contributed by atoms with van der Waals surface area (Å²) in [6.45, 7) is 7.42. The maximum absolute atomic E-state index is 13.1. The highest BCUT2D eigenvalue weighted by Crippen LogP contribution is 2.17. The van der Waals surface area contributed by atoms with E-state index in [0.717, 1.165) is 15.7 Å². The lowest BCUT2D eigenvalue weighted by molar-refractivity contribution is -0.122. The van der Waals surface area contributed by atoms with Gasteiger partial charge in [-0.05, 0) is 62.4 Å². The highest BCUT2D eigenvalue weighted by Gasteiger charge is 2.18. The molecule has 0 aliphatic carbocycles. The van der Waals surface area contributed by atoms with Crippen LogP contribution in [0.15, 0.2) is 39.2 Å². The Balaban J connectivity index is 2.26. The number of carbonyl (C=O) groups is 1. The number of nitrogens with zero attached hydrogens (tertiary/aromatic N) is 2. The number of aryl methyl sites for hydroxylation is 2. The van der Waals surface area contributed by atoms with E-state index in [0.29, 0.717) is 15.9 Å². The number of benzene rings is 1. The van der Waals surface area contributed by atoms with Crippen molar-refractivity contribution in [3.63, 3.8) is 0 Å². The number of nitrogens with one attached hydrogen (secondary N) is 1. The van der Waals surface area contributed by atoms with Crippen molar-refractivity contribution in [2.45, 2.75) is 40.3 Å². The lowest BCUT2D eigenvalue weighted by atomic mass is 10.1. The van der Waals surface area contributed by atoms with E-state index in [1.807, 2.05) is 33.8 Å². The fourth-order valence-electron chi connectivity index (χ4n) is 3.06. The van der Waals surface area contributed by atoms with Gasteiger partial charge in [-0.1, -0.05) is 6.07 Å². The Labute approximate surface area is 154 Å². The molecule has 0 unspecified atom stereocenters. The molecule has 3 aromatic rings. The van der Waals surface area contributed by atoms with Crippen LogP contribution in [0, 0.1) is 13.8 Å². The molecule has 0 saturated heterocycles. The van der Waals surface area contributed by atoms with Gasteiger partial charge >= 0.3 is 5.69 Å². The Hall–Kier alpha value is -2.67. The summed E-state index contributed by atoms with van der Waals surface area (Å²) in [6.07, 6.45) is 0. The second kappa shape index (κ2) is 6.92. The maximum atomic E-state index is 13.1. The predicted molar refractivity (Wildman–Crippen MR) is 104 cm³/mol. The lowest BCUT2D eigenvalue weighted by Gasteiger charge is -2.14. The Morgan fingerprint density at radius 1 is 1.15 bits per heavy atom. The third-order valence-corrected chi connectivity index (χ3v) is 4.86. The largest absolute Gasteiger partial charge is 0.352 e. The van der Waals surface area contributed by atoms with Gasteiger partial charge in [0.2, 0.25) is 5.91 Å². The van der Waals surface area contributed by atoms with E-state index in [2.05, 4.69) is 5.32 Å². The number of rotatable bonds is 4. The second-order valence-corrected chi connectivity index (χ2v) is 7.63. The third kappa shape index (κ3) is 3.35. The quantitative estimate of drug-likeness (QED) is 0.765. The minimum absolute atomic E-state index is 0.0264. The summed E-state index contributed by atoms with van der Waals surface area (Å²) in [5.74, 6) is -0.264. The highest BCUT2D eigenvalue weighted by atomic mass is 32.1. The molecule has 0 saturated carbocycles. The first kappa shape index (κ1) is 18.1. The summed E-state index contributed by atoms with van der Waals surface area (Å²) in [5.41, 5.74) is 2.06. The van der Waals surface area contributed by atoms with Crippen molar-refractivity contribution in [3.8, 4) is 5.69 Å². The Bertz CT molecular complexity index is 1090. The normalized spacial score (nSPS) is 11.3. The zero-order valence-corrected chi connectivity index (χ0v) is 16.0. The molecular formula is C19H21N3O3S. The van der Waals surface area contributed by atoms with Gasteiger partial charge < -0.3 is 5.32 Å². The van der Waals surface area contributed by atoms with E-state index in [1.165, 1.54) is 15.9 Å². The summed E-state index contributed by atoms with van der Waals surface area (Å²) < 4.78 is 2.98. The van der Waals surface area contributed by atoms with Gasteiger partial charge in [0.05, 0.1) is 11.2 Å². The molecule has 2 heterocycles. The summed E-state index contributed by atoms with van der Waals surface area (Å²) >= 11 is 1.27. The van der Waals surface area contributed by atoms with Crippen LogP contribution in [0.1, 0.15) is 25.0 Å². The minimum atomic E-state index is -0.509. The van der Waals surface area contributed by atoms with Crippen molar-refractivity contribution in [2.75, 3.05) is 0 Å². The van der Waals surface area contributed by atoms with Crippen LogP contribution >= 0.6 is 11.3 Å². The third-order valence-electron chi connectivity index (χ3n) is 3.97. The first-order valence-electron chi connectivity index (χ1n) is 8.39. The van der Waals surface area contributed by atoms with Gasteiger partial charge in [-0.25, -0.2) is 9.36 Å². The topological polar surface area (TPSA) is 73.1 Å². The van der Waals surface area contributed by atoms with Crippen LogP contribution in [-0.4, -0.2) is 21.1 Å². The number of hydrogen-bond acceptors (Lipinski definition) is 4. The molecule has 3 rings (SSSR count). The van der Waals surface area contributed by atoms with Crippen LogP contribution in [-0.2, 0) is 11.3 Å². The molecule has 7 heteroatoms. The lowest BCUT2D eigenvalue weighted by Crippen LogP contribution is -2.42. The van der Waals surface area contributed by atoms with Crippen LogP contribution in [0.25, 0.3) is 15.9 Å². The van der Waals surface area contributed by atoms with Gasteiger partial charge in [0, 0.05) is 6.04 Å². The smallest absolute Gasteiger partial charge is 0.336 e. The van der Waals surface area contributed by atoms with Crippen LogP contribution in [0.2, 0.25) is 0 Å². The van der Waals surface area contributed by atoms with E-state index in [-0.39, 0.29) is 24.1 Å². The molecule has 1 N–H and O–H groups in total. The Morgan fingerprint density at radius 2 is 1.81 bits per heavy atom. The maximum Gasteiger partial charge on any atom is 0.336 e. The molecule has 2 aromatic heterocycles. The van der Waals surface area contributed by atoms with E-state index in [4.69, 9.17) is 0 Å². The summed E-state index contributed by atoms with van der Waals surface area (Å²) in [4.78, 5) is 38.2. The van der Waals surface area contributed by atoms with Gasteiger partial charge in [0.15, 0.2) is 0 Å². The second-order valence-electron chi connectivity index (χ2n) is 6.71. The van der Waals surface area contributed by atoms with Crippen LogP contribution < -0.4 is 16.6 Å². The number of hydrogen-bond donors (Lipinski definition) is 1. The average Bonchev–Trinajstić information content (AvgIpc) is 2.99. The molecule has 1 amide bonds. The Kier molecular flexibility index (Phi) is 4.82. The molecule has 1 aromatic carbocycles. The summed E-state index contributed by atoms with van der Waals surface area (Å²) in [6, 6.07) is 7.26. The zero-order valence-electron chi connectivity index (χ0n) is 15.2. The molecular weight excluding hydrogens is 350 g/mol. The highest BCUT2D eigenvalue weighted by molar-refractivity contribution is 7.17. The standard InChI is InChI=1S/C19H21N3O3S/c1-11(2)20-16(23)10-21-15-5-6-26-17(15)18(24)22(19(21)25)14-8-12(3)7-13(4)9-14/h5-9,11H,10H2,1-4H3,(H,20,23). The van der Waals surface area contributed by atoms with E-state index in [9.17, 15) is 14.4 Å². The molecule has 26 heavy (non-hydrogen) atoms. The van der Waals surface area contributed by atoms with Crippen molar-refractivity contribution >= 4 is 27.5 Å². The molecule has 6 nitrogen and oxygen atoms in total. The van der Waals surface area contributed by atoms with Crippen LogP contribution in [0.5, 0.6) is 0 Å². The van der Waals surface area contributed by atoms with Gasteiger partial charge in [-0.2, -0.15) is 0 Å². The predicted octanol–water partition coefficient (Wildman–Crippen LogP) is 2.36. The first-order chi connectivity index (χ1) is 12.3. The average molecular weight is 371 g/mol. The molecule has 0 aliphatic rings. The molecule has 0 radical (unpaired) electrons. The SMILES string of the molecule is Cc1cc(C)cc(-n2c(=O)c3sccc3n(CC(=O)NC(C)C)c2=O)c1. The number of aromatic nitrogens is 2. The van der Waals surface area contributed by atoms with Gasteiger partial charge in [0.1, 0.15) is 11.2 Å². The van der Waals surface area contributed by atoms with Crippen LogP contribution in [0.4, 0.5) is 0 Å². The molecule has 0 spiro atoms. The minimum Gasteiger partial charge on any atom is -0.352 e. The fourth-order valence-corrected chi connectivity index (χ4v) is 3.88. The fraction of sp³-hybridized carbons (Fsp3) is 0.316. The molecule has 0 atom stereocenters. The zero-order chi connectivity index (χ0) is 19.0. The molecule has 0 aliphatic heterocycles. The first-order valence-corrected chi connectivity index (χ1v) is 9.27. The van der Waals surface area contributed by atoms with Gasteiger partial charge in [-0.3, -0.25) is 14.2 Å². The van der Waals surface area contributed by atoms with E-state index < -0.39 is 5.69 Å². The van der Waals surface area contributed by atoms with Crippen molar-refractivity contribution in [1.29, 1.82) is 0 Å². The number of carbonyl (C=O) groups excluding carboxylic acids is 1. The number of fused-ring (bicyclic) bond motifs is 1. The van der Waals surface area contributed by atoms with Crippen molar-refractivity contribution in [3.05, 3.63) is 61.6 Å². The number of thiophene rings is 1. The summed E-state index contributed by atoms with van der Waals surface area (Å²) in [5, 5.41) is 4.54. The van der Waals surface area contributed by atoms with E-state index in [1.54, 1.807) is 23.6 Å². The van der Waals surface area contributed by atoms with Gasteiger partial charge in [0.25, 0.3) is 5.56 Å². The van der Waals surface area contributed by atoms with E-state index >= 15 is 0 Å². The molecule has 0 fully saturated rings. The number of amides is 1. The van der Waals surface area contributed by atoms with Crippen molar-refractivity contribution in [2.24, 2.45) is 0 Å². The van der Waals surface area contributed by atoms with Crippen LogP contribution in [0.3, 0.4) is 0 Å².